The average Bonchev–Trinajstić information content (AvgIpc) is 3.27. The number of rotatable bonds is 3. The Bertz CT molecular complexity index is 1110. The number of aryl methyl sites for hydroxylation is 1. The van der Waals surface area contributed by atoms with E-state index >= 15 is 0 Å². The molecule has 5 rings (SSSR count). The molecular weight excluding hydrogens is 338 g/mol. The summed E-state index contributed by atoms with van der Waals surface area (Å²) in [7, 11) is 2.00. The van der Waals surface area contributed by atoms with E-state index < -0.39 is 6.10 Å². The number of fused-ring (bicyclic) bond motifs is 2. The first-order valence-corrected chi connectivity index (χ1v) is 9.18. The molecule has 0 spiro atoms. The smallest absolute Gasteiger partial charge is 0.176 e. The molecule has 1 unspecified atom stereocenters. The van der Waals surface area contributed by atoms with Crippen LogP contribution in [0.5, 0.6) is 0 Å². The molecule has 136 valence electrons. The fraction of sp³-hybridized carbons (Fsp3) is 0.227. The molecule has 1 aliphatic heterocycles. The van der Waals surface area contributed by atoms with Crippen LogP contribution in [-0.2, 0) is 20.1 Å². The summed E-state index contributed by atoms with van der Waals surface area (Å²) >= 11 is 0. The molecule has 1 N–H and O–H groups in total. The highest BCUT2D eigenvalue weighted by Crippen LogP contribution is 2.29. The quantitative estimate of drug-likeness (QED) is 0.603. The molecular formula is C22H21N3O2. The lowest BCUT2D eigenvalue weighted by molar-refractivity contribution is 0.0842. The zero-order chi connectivity index (χ0) is 18.4. The predicted octanol–water partition coefficient (Wildman–Crippen LogP) is 3.88. The molecule has 0 aliphatic carbocycles. The zero-order valence-electron chi connectivity index (χ0n) is 15.2. The summed E-state index contributed by atoms with van der Waals surface area (Å²) in [5.74, 6) is 2.47. The molecule has 5 heteroatoms. The number of aliphatic hydroxyl groups is 1. The molecule has 4 aromatic rings. The second kappa shape index (κ2) is 6.37. The number of furan rings is 1. The van der Waals surface area contributed by atoms with Gasteiger partial charge in [0.15, 0.2) is 11.6 Å². The van der Waals surface area contributed by atoms with Crippen LogP contribution in [0.2, 0.25) is 0 Å². The molecule has 5 nitrogen and oxygen atoms in total. The number of nitrogens with zero attached hydrogens (tertiary/aromatic N) is 3. The lowest BCUT2D eigenvalue weighted by Gasteiger charge is -2.31. The Kier molecular flexibility index (Phi) is 3.85. The van der Waals surface area contributed by atoms with Gasteiger partial charge < -0.3 is 14.1 Å². The highest BCUT2D eigenvalue weighted by molar-refractivity contribution is 5.79. The van der Waals surface area contributed by atoms with Crippen molar-refractivity contribution in [3.8, 4) is 11.6 Å². The molecule has 0 saturated carbocycles. The molecule has 0 fully saturated rings. The van der Waals surface area contributed by atoms with E-state index in [4.69, 9.17) is 9.40 Å². The summed E-state index contributed by atoms with van der Waals surface area (Å²) in [6.45, 7) is 2.09. The standard InChI is InChI=1S/C22H21N3O2/c1-24-19-9-5-4-8-18(19)23-22(24)21-11-10-16(27-21)13-25-12-15-6-2-3-7-17(15)20(26)14-25/h2-11,20,26H,12-14H2,1H3. The summed E-state index contributed by atoms with van der Waals surface area (Å²) in [5, 5.41) is 10.4. The van der Waals surface area contributed by atoms with E-state index in [0.717, 1.165) is 40.5 Å². The van der Waals surface area contributed by atoms with Crippen molar-refractivity contribution in [2.45, 2.75) is 19.2 Å². The van der Waals surface area contributed by atoms with Gasteiger partial charge in [0.1, 0.15) is 5.76 Å². The second-order valence-corrected chi connectivity index (χ2v) is 7.13. The van der Waals surface area contributed by atoms with Crippen LogP contribution in [0.25, 0.3) is 22.6 Å². The van der Waals surface area contributed by atoms with E-state index in [9.17, 15) is 5.11 Å². The third-order valence-corrected chi connectivity index (χ3v) is 5.29. The maximum atomic E-state index is 10.4. The third kappa shape index (κ3) is 2.85. The highest BCUT2D eigenvalue weighted by Gasteiger charge is 2.24. The fourth-order valence-corrected chi connectivity index (χ4v) is 3.94. The first kappa shape index (κ1) is 16.3. The van der Waals surface area contributed by atoms with Crippen molar-refractivity contribution in [2.24, 2.45) is 7.05 Å². The number of benzene rings is 2. The summed E-state index contributed by atoms with van der Waals surface area (Å²) in [6, 6.07) is 20.1. The van der Waals surface area contributed by atoms with Gasteiger partial charge in [-0.05, 0) is 35.4 Å². The van der Waals surface area contributed by atoms with Crippen molar-refractivity contribution in [3.05, 3.63) is 77.6 Å². The summed E-state index contributed by atoms with van der Waals surface area (Å²) in [4.78, 5) is 6.91. The van der Waals surface area contributed by atoms with Gasteiger partial charge in [0, 0.05) is 20.1 Å². The van der Waals surface area contributed by atoms with Gasteiger partial charge in [-0.3, -0.25) is 4.90 Å². The molecule has 3 heterocycles. The molecule has 1 aliphatic rings. The largest absolute Gasteiger partial charge is 0.456 e. The van der Waals surface area contributed by atoms with Crippen LogP contribution in [0, 0.1) is 0 Å². The van der Waals surface area contributed by atoms with Crippen LogP contribution in [0.1, 0.15) is 23.0 Å². The molecule has 0 bridgehead atoms. The first-order chi connectivity index (χ1) is 13.2. The van der Waals surface area contributed by atoms with Crippen LogP contribution in [0.3, 0.4) is 0 Å². The van der Waals surface area contributed by atoms with Gasteiger partial charge in [-0.15, -0.1) is 0 Å². The normalized spacial score (nSPS) is 17.3. The van der Waals surface area contributed by atoms with Crippen molar-refractivity contribution in [2.75, 3.05) is 6.54 Å². The van der Waals surface area contributed by atoms with Crippen LogP contribution < -0.4 is 0 Å². The van der Waals surface area contributed by atoms with Gasteiger partial charge in [-0.1, -0.05) is 36.4 Å². The summed E-state index contributed by atoms with van der Waals surface area (Å²) in [5.41, 5.74) is 4.26. The van der Waals surface area contributed by atoms with Gasteiger partial charge in [-0.25, -0.2) is 4.98 Å². The van der Waals surface area contributed by atoms with Gasteiger partial charge in [0.05, 0.1) is 23.7 Å². The van der Waals surface area contributed by atoms with E-state index in [1.807, 2.05) is 55.6 Å². The Balaban J connectivity index is 1.39. The monoisotopic (exact) mass is 359 g/mol. The summed E-state index contributed by atoms with van der Waals surface area (Å²) in [6.07, 6.45) is -0.454. The third-order valence-electron chi connectivity index (χ3n) is 5.29. The van der Waals surface area contributed by atoms with Crippen molar-refractivity contribution in [1.82, 2.24) is 14.5 Å². The number of aliphatic hydroxyl groups excluding tert-OH is 1. The Morgan fingerprint density at radius 2 is 1.89 bits per heavy atom. The van der Waals surface area contributed by atoms with Crippen LogP contribution >= 0.6 is 0 Å². The number of para-hydroxylation sites is 2. The minimum absolute atomic E-state index is 0.454. The van der Waals surface area contributed by atoms with Gasteiger partial charge in [0.2, 0.25) is 0 Å². The van der Waals surface area contributed by atoms with Crippen molar-refractivity contribution < 1.29 is 9.52 Å². The number of β-amino-alcohol motifs (C(OH)–C–C–N with tert-alkyl or cyclic N) is 1. The minimum atomic E-state index is -0.454. The van der Waals surface area contributed by atoms with Crippen LogP contribution in [-0.4, -0.2) is 26.1 Å². The lowest BCUT2D eigenvalue weighted by atomic mass is 9.97. The van der Waals surface area contributed by atoms with E-state index in [1.165, 1.54) is 5.56 Å². The SMILES string of the molecule is Cn1c(-c2ccc(CN3Cc4ccccc4C(O)C3)o2)nc2ccccc21. The van der Waals surface area contributed by atoms with E-state index in [1.54, 1.807) is 0 Å². The molecule has 27 heavy (non-hydrogen) atoms. The summed E-state index contributed by atoms with van der Waals surface area (Å²) < 4.78 is 8.15. The molecule has 2 aromatic heterocycles. The average molecular weight is 359 g/mol. The first-order valence-electron chi connectivity index (χ1n) is 9.18. The molecule has 0 radical (unpaired) electrons. The fourth-order valence-electron chi connectivity index (χ4n) is 3.94. The Morgan fingerprint density at radius 1 is 1.07 bits per heavy atom. The van der Waals surface area contributed by atoms with Crippen molar-refractivity contribution >= 4 is 11.0 Å². The minimum Gasteiger partial charge on any atom is -0.456 e. The van der Waals surface area contributed by atoms with E-state index in [0.29, 0.717) is 13.1 Å². The molecule has 0 saturated heterocycles. The van der Waals surface area contributed by atoms with Crippen molar-refractivity contribution in [1.29, 1.82) is 0 Å². The molecule has 1 atom stereocenters. The van der Waals surface area contributed by atoms with E-state index in [2.05, 4.69) is 21.6 Å². The van der Waals surface area contributed by atoms with Gasteiger partial charge in [-0.2, -0.15) is 0 Å². The Hall–Kier alpha value is -2.89. The molecule has 2 aromatic carbocycles. The highest BCUT2D eigenvalue weighted by atomic mass is 16.3. The van der Waals surface area contributed by atoms with Crippen LogP contribution in [0.4, 0.5) is 0 Å². The van der Waals surface area contributed by atoms with Gasteiger partial charge in [0.25, 0.3) is 0 Å². The maximum Gasteiger partial charge on any atom is 0.176 e. The topological polar surface area (TPSA) is 54.4 Å². The number of hydrogen-bond acceptors (Lipinski definition) is 4. The predicted molar refractivity (Wildman–Crippen MR) is 104 cm³/mol. The maximum absolute atomic E-state index is 10.4. The van der Waals surface area contributed by atoms with E-state index in [-0.39, 0.29) is 0 Å². The van der Waals surface area contributed by atoms with Crippen molar-refractivity contribution in [3.63, 3.8) is 0 Å². The second-order valence-electron chi connectivity index (χ2n) is 7.13. The lowest BCUT2D eigenvalue weighted by Crippen LogP contribution is -2.32. The number of imidazole rings is 1. The van der Waals surface area contributed by atoms with Gasteiger partial charge >= 0.3 is 0 Å². The zero-order valence-corrected chi connectivity index (χ0v) is 15.2. The number of aromatic nitrogens is 2. The Morgan fingerprint density at radius 3 is 2.78 bits per heavy atom. The number of hydrogen-bond donors (Lipinski definition) is 1. The molecule has 0 amide bonds. The van der Waals surface area contributed by atoms with Crippen LogP contribution in [0.15, 0.2) is 65.1 Å². The Labute approximate surface area is 157 Å².